The van der Waals surface area contributed by atoms with Gasteiger partial charge < -0.3 is 10.7 Å². The molecule has 2 rings (SSSR count). The first-order valence-corrected chi connectivity index (χ1v) is 9.26. The quantitative estimate of drug-likeness (QED) is 0.520. The second kappa shape index (κ2) is 8.37. The lowest BCUT2D eigenvalue weighted by molar-refractivity contribution is 0.103. The van der Waals surface area contributed by atoms with E-state index in [9.17, 15) is 4.79 Å². The number of hydrogen-bond donors (Lipinski definition) is 2. The highest BCUT2D eigenvalue weighted by Crippen LogP contribution is 2.30. The van der Waals surface area contributed by atoms with Crippen LogP contribution in [0.4, 0.5) is 0 Å². The van der Waals surface area contributed by atoms with Crippen molar-refractivity contribution >= 4 is 17.5 Å². The number of nitrogens with two attached hydrogens (primary N) is 1. The number of thioether (sulfide) groups is 1. The van der Waals surface area contributed by atoms with E-state index in [-0.39, 0.29) is 11.3 Å². The predicted molar refractivity (Wildman–Crippen MR) is 98.1 cm³/mol. The first-order valence-electron chi connectivity index (χ1n) is 8.28. The molecule has 3 N–H and O–H groups in total. The first kappa shape index (κ1) is 17.8. The second-order valence-corrected chi connectivity index (χ2v) is 7.05. The molecule has 0 aliphatic heterocycles. The largest absolute Gasteiger partial charge is 0.366 e. The number of H-pyrrole nitrogens is 1. The van der Waals surface area contributed by atoms with E-state index < -0.39 is 0 Å². The lowest BCUT2D eigenvalue weighted by Crippen LogP contribution is -2.41. The van der Waals surface area contributed by atoms with E-state index in [0.717, 1.165) is 47.5 Å². The number of rotatable bonds is 9. The van der Waals surface area contributed by atoms with Crippen molar-refractivity contribution in [2.24, 2.45) is 5.73 Å². The summed E-state index contributed by atoms with van der Waals surface area (Å²) in [6.45, 7) is 4.33. The number of nitrogens with one attached hydrogen (secondary N) is 1. The van der Waals surface area contributed by atoms with E-state index in [0.29, 0.717) is 0 Å². The lowest BCUT2D eigenvalue weighted by atomic mass is 9.93. The van der Waals surface area contributed by atoms with Crippen molar-refractivity contribution in [1.29, 1.82) is 0 Å². The molecular formula is C19H26N2OS. The third kappa shape index (κ3) is 4.72. The zero-order chi connectivity index (χ0) is 16.7. The highest BCUT2D eigenvalue weighted by atomic mass is 32.2. The van der Waals surface area contributed by atoms with Crippen molar-refractivity contribution in [1.82, 2.24) is 4.98 Å². The summed E-state index contributed by atoms with van der Waals surface area (Å²) in [6, 6.07) is 9.40. The maximum Gasteiger partial charge on any atom is 0.195 e. The minimum Gasteiger partial charge on any atom is -0.366 e. The normalized spacial score (nSPS) is 13.7. The Morgan fingerprint density at radius 3 is 2.61 bits per heavy atom. The van der Waals surface area contributed by atoms with Gasteiger partial charge in [0.1, 0.15) is 0 Å². The predicted octanol–water partition coefficient (Wildman–Crippen LogP) is 4.64. The number of ketones is 1. The Bertz CT molecular complexity index is 623. The van der Waals surface area contributed by atoms with Gasteiger partial charge in [-0.1, -0.05) is 57.0 Å². The van der Waals surface area contributed by atoms with Gasteiger partial charge in [-0.25, -0.2) is 0 Å². The smallest absolute Gasteiger partial charge is 0.195 e. The number of hydrogen-bond acceptors (Lipinski definition) is 3. The van der Waals surface area contributed by atoms with Crippen LogP contribution in [0.15, 0.2) is 47.6 Å². The molecule has 4 heteroatoms. The van der Waals surface area contributed by atoms with Gasteiger partial charge in [0.05, 0.1) is 5.56 Å². The van der Waals surface area contributed by atoms with Crippen LogP contribution in [-0.4, -0.2) is 22.1 Å². The zero-order valence-corrected chi connectivity index (χ0v) is 14.8. The highest BCUT2D eigenvalue weighted by molar-refractivity contribution is 7.99. The fraction of sp³-hybridized carbons (Fsp3) is 0.421. The molecule has 0 bridgehead atoms. The second-order valence-electron chi connectivity index (χ2n) is 6.04. The molecular weight excluding hydrogens is 304 g/mol. The van der Waals surface area contributed by atoms with Crippen molar-refractivity contribution in [3.05, 3.63) is 53.9 Å². The van der Waals surface area contributed by atoms with Gasteiger partial charge in [-0.15, -0.1) is 11.8 Å². The van der Waals surface area contributed by atoms with E-state index in [1.165, 1.54) is 0 Å². The Labute approximate surface area is 143 Å². The van der Waals surface area contributed by atoms with Gasteiger partial charge in [-0.05, 0) is 12.8 Å². The van der Waals surface area contributed by atoms with Crippen LogP contribution in [0.3, 0.4) is 0 Å². The molecule has 1 unspecified atom stereocenters. The van der Waals surface area contributed by atoms with Crippen LogP contribution in [0.25, 0.3) is 0 Å². The molecule has 0 saturated carbocycles. The summed E-state index contributed by atoms with van der Waals surface area (Å²) in [5.41, 5.74) is 7.81. The monoisotopic (exact) mass is 330 g/mol. The summed E-state index contributed by atoms with van der Waals surface area (Å²) in [5.74, 6) is 0.887. The van der Waals surface area contributed by atoms with Crippen molar-refractivity contribution in [2.45, 2.75) is 50.0 Å². The standard InChI is InChI=1S/C19H26N2OS/c1-3-5-11-19(20,4-2)14-23-17-13-21-12-16(17)18(22)15-9-7-6-8-10-15/h6-10,12-13,21H,3-5,11,14,20H2,1-2H3. The van der Waals surface area contributed by atoms with Crippen molar-refractivity contribution in [2.75, 3.05) is 5.75 Å². The highest BCUT2D eigenvalue weighted by Gasteiger charge is 2.24. The van der Waals surface area contributed by atoms with Gasteiger partial charge in [-0.3, -0.25) is 4.79 Å². The van der Waals surface area contributed by atoms with Crippen molar-refractivity contribution in [3.63, 3.8) is 0 Å². The van der Waals surface area contributed by atoms with Crippen LogP contribution in [0.5, 0.6) is 0 Å². The number of benzene rings is 1. The summed E-state index contributed by atoms with van der Waals surface area (Å²) < 4.78 is 0. The average Bonchev–Trinajstić information content (AvgIpc) is 3.07. The first-order chi connectivity index (χ1) is 11.1. The van der Waals surface area contributed by atoms with E-state index in [1.54, 1.807) is 18.0 Å². The molecule has 0 fully saturated rings. The molecule has 0 radical (unpaired) electrons. The van der Waals surface area contributed by atoms with Crippen LogP contribution in [0.2, 0.25) is 0 Å². The van der Waals surface area contributed by atoms with Gasteiger partial charge in [0.2, 0.25) is 0 Å². The maximum atomic E-state index is 12.6. The van der Waals surface area contributed by atoms with Gasteiger partial charge in [0, 0.05) is 34.1 Å². The van der Waals surface area contributed by atoms with Crippen LogP contribution in [0, 0.1) is 0 Å². The maximum absolute atomic E-state index is 12.6. The Morgan fingerprint density at radius 1 is 1.22 bits per heavy atom. The Kier molecular flexibility index (Phi) is 6.48. The van der Waals surface area contributed by atoms with Crippen molar-refractivity contribution in [3.8, 4) is 0 Å². The fourth-order valence-corrected chi connectivity index (χ4v) is 3.74. The van der Waals surface area contributed by atoms with Gasteiger partial charge in [0.25, 0.3) is 0 Å². The van der Waals surface area contributed by atoms with Crippen LogP contribution >= 0.6 is 11.8 Å². The molecule has 1 heterocycles. The molecule has 1 aromatic heterocycles. The van der Waals surface area contributed by atoms with Crippen LogP contribution in [0.1, 0.15) is 55.5 Å². The fourth-order valence-electron chi connectivity index (χ4n) is 2.49. The lowest BCUT2D eigenvalue weighted by Gasteiger charge is -2.27. The summed E-state index contributed by atoms with van der Waals surface area (Å²) in [6.07, 6.45) is 7.97. The van der Waals surface area contributed by atoms with Crippen LogP contribution in [-0.2, 0) is 0 Å². The number of carbonyl (C=O) groups excluding carboxylic acids is 1. The molecule has 1 aromatic carbocycles. The minimum absolute atomic E-state index is 0.0574. The molecule has 3 nitrogen and oxygen atoms in total. The molecule has 2 aromatic rings. The van der Waals surface area contributed by atoms with E-state index in [2.05, 4.69) is 18.8 Å². The summed E-state index contributed by atoms with van der Waals surface area (Å²) in [7, 11) is 0. The molecule has 0 spiro atoms. The average molecular weight is 330 g/mol. The number of aromatic amines is 1. The molecule has 124 valence electrons. The van der Waals surface area contributed by atoms with Gasteiger partial charge in [-0.2, -0.15) is 0 Å². The molecule has 0 amide bonds. The van der Waals surface area contributed by atoms with E-state index >= 15 is 0 Å². The molecule has 0 aliphatic carbocycles. The summed E-state index contributed by atoms with van der Waals surface area (Å²) in [5, 5.41) is 0. The number of unbranched alkanes of at least 4 members (excludes halogenated alkanes) is 1. The third-order valence-electron chi connectivity index (χ3n) is 4.24. The number of carbonyl (C=O) groups is 1. The third-order valence-corrected chi connectivity index (χ3v) is 5.60. The Balaban J connectivity index is 2.08. The topological polar surface area (TPSA) is 58.9 Å². The van der Waals surface area contributed by atoms with Crippen LogP contribution < -0.4 is 5.73 Å². The Morgan fingerprint density at radius 2 is 1.96 bits per heavy atom. The SMILES string of the molecule is CCCCC(N)(CC)CSc1c[nH]cc1C(=O)c1ccccc1. The molecule has 0 aliphatic rings. The number of aromatic nitrogens is 1. The molecule has 0 saturated heterocycles. The van der Waals surface area contributed by atoms with E-state index in [1.807, 2.05) is 36.5 Å². The zero-order valence-electron chi connectivity index (χ0n) is 14.0. The van der Waals surface area contributed by atoms with E-state index in [4.69, 9.17) is 5.73 Å². The summed E-state index contributed by atoms with van der Waals surface area (Å²) in [4.78, 5) is 16.7. The molecule has 1 atom stereocenters. The molecule has 23 heavy (non-hydrogen) atoms. The van der Waals surface area contributed by atoms with Gasteiger partial charge in [0.15, 0.2) is 5.78 Å². The van der Waals surface area contributed by atoms with Crippen molar-refractivity contribution < 1.29 is 4.79 Å². The minimum atomic E-state index is -0.162. The Hall–Kier alpha value is -1.52. The van der Waals surface area contributed by atoms with Gasteiger partial charge >= 0.3 is 0 Å². The summed E-state index contributed by atoms with van der Waals surface area (Å²) >= 11 is 1.68.